The van der Waals surface area contributed by atoms with E-state index in [1.807, 2.05) is 23.6 Å². The molecular weight excluding hydrogens is 314 g/mol. The third-order valence-corrected chi connectivity index (χ3v) is 4.21. The van der Waals surface area contributed by atoms with Crippen molar-refractivity contribution in [3.05, 3.63) is 57.2 Å². The number of aryl methyl sites for hydroxylation is 1. The molecule has 0 bridgehead atoms. The lowest BCUT2D eigenvalue weighted by Crippen LogP contribution is -2.32. The minimum Gasteiger partial charge on any atom is -0.336 e. The van der Waals surface area contributed by atoms with Crippen LogP contribution in [0.3, 0.4) is 0 Å². The predicted octanol–water partition coefficient (Wildman–Crippen LogP) is 1.80. The molecule has 0 fully saturated rings. The molecule has 2 N–H and O–H groups in total. The third kappa shape index (κ3) is 3.21. The molecule has 8 heteroatoms. The van der Waals surface area contributed by atoms with Gasteiger partial charge in [0.25, 0.3) is 11.5 Å². The zero-order valence-electron chi connectivity index (χ0n) is 12.7. The Hall–Kier alpha value is -2.74. The highest BCUT2D eigenvalue weighted by atomic mass is 32.1. The molecule has 23 heavy (non-hydrogen) atoms. The summed E-state index contributed by atoms with van der Waals surface area (Å²) in [5.74, 6) is 0.0920. The van der Waals surface area contributed by atoms with Gasteiger partial charge in [0, 0.05) is 13.2 Å². The quantitative estimate of drug-likeness (QED) is 0.763. The molecule has 0 saturated carbocycles. The van der Waals surface area contributed by atoms with E-state index in [2.05, 4.69) is 20.2 Å². The van der Waals surface area contributed by atoms with Gasteiger partial charge in [-0.15, -0.1) is 11.3 Å². The summed E-state index contributed by atoms with van der Waals surface area (Å²) in [6.45, 7) is 1.99. The number of amides is 1. The van der Waals surface area contributed by atoms with Crippen LogP contribution in [0.4, 0.5) is 0 Å². The summed E-state index contributed by atoms with van der Waals surface area (Å²) >= 11 is 1.60. The Morgan fingerprint density at radius 2 is 2.26 bits per heavy atom. The summed E-state index contributed by atoms with van der Waals surface area (Å²) in [6.07, 6.45) is 1.30. The molecule has 0 saturated heterocycles. The second kappa shape index (κ2) is 6.17. The van der Waals surface area contributed by atoms with Gasteiger partial charge in [0.1, 0.15) is 17.1 Å². The summed E-state index contributed by atoms with van der Waals surface area (Å²) in [7, 11) is 1.63. The molecule has 0 radical (unpaired) electrons. The average molecular weight is 329 g/mol. The van der Waals surface area contributed by atoms with E-state index in [4.69, 9.17) is 0 Å². The van der Waals surface area contributed by atoms with Crippen LogP contribution in [-0.2, 0) is 6.54 Å². The number of nitrogens with one attached hydrogen (secondary N) is 2. The van der Waals surface area contributed by atoms with Gasteiger partial charge in [0.2, 0.25) is 0 Å². The molecule has 0 aliphatic rings. The molecule has 3 aromatic rings. The van der Waals surface area contributed by atoms with Crippen molar-refractivity contribution in [3.8, 4) is 10.6 Å². The Morgan fingerprint density at radius 1 is 1.43 bits per heavy atom. The van der Waals surface area contributed by atoms with Gasteiger partial charge in [-0.3, -0.25) is 14.7 Å². The minimum atomic E-state index is -0.432. The maximum Gasteiger partial charge on any atom is 0.263 e. The number of carbonyl (C=O) groups is 1. The van der Waals surface area contributed by atoms with Crippen molar-refractivity contribution >= 4 is 17.2 Å². The van der Waals surface area contributed by atoms with Gasteiger partial charge < -0.3 is 9.88 Å². The third-order valence-electron chi connectivity index (χ3n) is 3.32. The fraction of sp³-hybridized carbons (Fsp3) is 0.200. The zero-order chi connectivity index (χ0) is 16.4. The monoisotopic (exact) mass is 329 g/mol. The SMILES string of the molecule is Cc1ncc(C(=O)N(C)Cc2cc(-c3cccs3)n[nH]2)c(=O)[nH]1. The highest BCUT2D eigenvalue weighted by Gasteiger charge is 2.17. The van der Waals surface area contributed by atoms with Gasteiger partial charge in [-0.25, -0.2) is 4.98 Å². The fourth-order valence-electron chi connectivity index (χ4n) is 2.16. The van der Waals surface area contributed by atoms with E-state index in [9.17, 15) is 9.59 Å². The van der Waals surface area contributed by atoms with Gasteiger partial charge in [0.05, 0.1) is 17.1 Å². The average Bonchev–Trinajstić information content (AvgIpc) is 3.17. The molecule has 0 aliphatic heterocycles. The first-order valence-electron chi connectivity index (χ1n) is 6.94. The normalized spacial score (nSPS) is 10.7. The number of thiophene rings is 1. The van der Waals surface area contributed by atoms with Crippen LogP contribution in [0, 0.1) is 6.92 Å². The summed E-state index contributed by atoms with van der Waals surface area (Å²) in [5, 5.41) is 9.14. The van der Waals surface area contributed by atoms with Gasteiger partial charge in [-0.2, -0.15) is 5.10 Å². The number of hydrogen-bond acceptors (Lipinski definition) is 5. The second-order valence-electron chi connectivity index (χ2n) is 5.13. The van der Waals surface area contributed by atoms with Gasteiger partial charge in [-0.1, -0.05) is 6.07 Å². The van der Waals surface area contributed by atoms with Crippen molar-refractivity contribution in [2.24, 2.45) is 0 Å². The lowest BCUT2D eigenvalue weighted by Gasteiger charge is -2.15. The Bertz CT molecular complexity index is 881. The second-order valence-corrected chi connectivity index (χ2v) is 6.08. The van der Waals surface area contributed by atoms with E-state index < -0.39 is 5.56 Å². The van der Waals surface area contributed by atoms with Crippen molar-refractivity contribution in [1.82, 2.24) is 25.1 Å². The van der Waals surface area contributed by atoms with Crippen molar-refractivity contribution in [1.29, 1.82) is 0 Å². The number of hydrogen-bond donors (Lipinski definition) is 2. The van der Waals surface area contributed by atoms with Gasteiger partial charge in [0.15, 0.2) is 0 Å². The Morgan fingerprint density at radius 3 is 2.96 bits per heavy atom. The van der Waals surface area contributed by atoms with Crippen molar-refractivity contribution < 1.29 is 4.79 Å². The number of aromatic amines is 2. The maximum absolute atomic E-state index is 12.4. The van der Waals surface area contributed by atoms with Crippen LogP contribution in [0.15, 0.2) is 34.6 Å². The molecule has 0 unspecified atom stereocenters. The van der Waals surface area contributed by atoms with Crippen LogP contribution in [-0.4, -0.2) is 38.0 Å². The van der Waals surface area contributed by atoms with Gasteiger partial charge in [-0.05, 0) is 24.4 Å². The Kier molecular flexibility index (Phi) is 4.07. The summed E-state index contributed by atoms with van der Waals surface area (Å²) in [6, 6.07) is 5.84. The van der Waals surface area contributed by atoms with Crippen molar-refractivity contribution in [2.45, 2.75) is 13.5 Å². The van der Waals surface area contributed by atoms with Crippen molar-refractivity contribution in [2.75, 3.05) is 7.05 Å². The molecule has 0 aliphatic carbocycles. The molecular formula is C15H15N5O2S. The maximum atomic E-state index is 12.4. The number of carbonyl (C=O) groups excluding carboxylic acids is 1. The number of nitrogens with zero attached hydrogens (tertiary/aromatic N) is 3. The molecule has 0 atom stereocenters. The number of aromatic nitrogens is 4. The molecule has 3 aromatic heterocycles. The largest absolute Gasteiger partial charge is 0.336 e. The molecule has 3 rings (SSSR count). The van der Waals surface area contributed by atoms with Crippen molar-refractivity contribution in [3.63, 3.8) is 0 Å². The van der Waals surface area contributed by atoms with E-state index in [0.717, 1.165) is 16.3 Å². The predicted molar refractivity (Wildman–Crippen MR) is 87.3 cm³/mol. The van der Waals surface area contributed by atoms with Crippen LogP contribution in [0.2, 0.25) is 0 Å². The lowest BCUT2D eigenvalue weighted by molar-refractivity contribution is 0.0781. The van der Waals surface area contributed by atoms with E-state index in [-0.39, 0.29) is 11.5 Å². The summed E-state index contributed by atoms with van der Waals surface area (Å²) in [4.78, 5) is 33.2. The van der Waals surface area contributed by atoms with E-state index >= 15 is 0 Å². The molecule has 118 valence electrons. The first kappa shape index (κ1) is 15.2. The Labute approximate surface area is 136 Å². The lowest BCUT2D eigenvalue weighted by atomic mass is 10.2. The minimum absolute atomic E-state index is 0.0242. The fourth-order valence-corrected chi connectivity index (χ4v) is 2.85. The smallest absolute Gasteiger partial charge is 0.263 e. The molecule has 3 heterocycles. The Balaban J connectivity index is 1.75. The van der Waals surface area contributed by atoms with Crippen LogP contribution < -0.4 is 5.56 Å². The topological polar surface area (TPSA) is 94.7 Å². The van der Waals surface area contributed by atoms with E-state index in [1.54, 1.807) is 25.3 Å². The highest BCUT2D eigenvalue weighted by molar-refractivity contribution is 7.13. The first-order valence-corrected chi connectivity index (χ1v) is 7.82. The number of H-pyrrole nitrogens is 2. The number of rotatable bonds is 4. The first-order chi connectivity index (χ1) is 11.0. The molecule has 0 aromatic carbocycles. The molecule has 7 nitrogen and oxygen atoms in total. The summed E-state index contributed by atoms with van der Waals surface area (Å²) < 4.78 is 0. The van der Waals surface area contributed by atoms with E-state index in [0.29, 0.717) is 12.4 Å². The molecule has 0 spiro atoms. The standard InChI is InChI=1S/C15H15N5O2S/c1-9-16-7-11(14(21)17-9)15(22)20(2)8-10-6-12(19-18-10)13-4-3-5-23-13/h3-7H,8H2,1-2H3,(H,18,19)(H,16,17,21). The highest BCUT2D eigenvalue weighted by Crippen LogP contribution is 2.23. The van der Waals surface area contributed by atoms with Gasteiger partial charge >= 0.3 is 0 Å². The van der Waals surface area contributed by atoms with E-state index in [1.165, 1.54) is 11.1 Å². The molecule has 1 amide bonds. The van der Waals surface area contributed by atoms with Crippen LogP contribution >= 0.6 is 11.3 Å². The zero-order valence-corrected chi connectivity index (χ0v) is 13.5. The van der Waals surface area contributed by atoms with Crippen LogP contribution in [0.1, 0.15) is 21.9 Å². The van der Waals surface area contributed by atoms with Crippen LogP contribution in [0.5, 0.6) is 0 Å². The summed E-state index contributed by atoms with van der Waals surface area (Å²) in [5.41, 5.74) is 1.22. The van der Waals surface area contributed by atoms with Crippen LogP contribution in [0.25, 0.3) is 10.6 Å².